The molecular formula is C13H34N2. The van der Waals surface area contributed by atoms with Crippen molar-refractivity contribution in [2.75, 3.05) is 27.2 Å². The first kappa shape index (κ1) is 20.3. The summed E-state index contributed by atoms with van der Waals surface area (Å²) < 4.78 is 0. The highest BCUT2D eigenvalue weighted by molar-refractivity contribution is 4.71. The van der Waals surface area contributed by atoms with Crippen LogP contribution in [0, 0.1) is 0 Å². The molecule has 2 nitrogen and oxygen atoms in total. The van der Waals surface area contributed by atoms with Gasteiger partial charge in [0.25, 0.3) is 0 Å². The maximum absolute atomic E-state index is 3.34. The van der Waals surface area contributed by atoms with Crippen LogP contribution < -0.4 is 5.32 Å². The summed E-state index contributed by atoms with van der Waals surface area (Å²) in [7, 11) is 4.27. The molecule has 0 aromatic heterocycles. The van der Waals surface area contributed by atoms with E-state index in [0.29, 0.717) is 0 Å². The second kappa shape index (κ2) is 16.4. The molecule has 1 atom stereocenters. The van der Waals surface area contributed by atoms with Crippen LogP contribution in [0.1, 0.15) is 54.4 Å². The van der Waals surface area contributed by atoms with Crippen molar-refractivity contribution >= 4 is 0 Å². The molecule has 1 fully saturated rings. The molecule has 1 N–H and O–H groups in total. The van der Waals surface area contributed by atoms with Crippen LogP contribution in [0.15, 0.2) is 0 Å². The van der Waals surface area contributed by atoms with Gasteiger partial charge in [0.15, 0.2) is 0 Å². The Morgan fingerprint density at radius 2 is 1.53 bits per heavy atom. The molecule has 0 spiro atoms. The minimum absolute atomic E-state index is 0. The van der Waals surface area contributed by atoms with Gasteiger partial charge in [-0.15, -0.1) is 0 Å². The summed E-state index contributed by atoms with van der Waals surface area (Å²) in [5.74, 6) is 0. The number of rotatable bonds is 1. The lowest BCUT2D eigenvalue weighted by atomic mass is 10.1. The van der Waals surface area contributed by atoms with Crippen LogP contribution in [0.3, 0.4) is 0 Å². The molecule has 2 heteroatoms. The van der Waals surface area contributed by atoms with Crippen molar-refractivity contribution in [3.63, 3.8) is 0 Å². The molecule has 0 aromatic carbocycles. The average Bonchev–Trinajstić information content (AvgIpc) is 2.48. The van der Waals surface area contributed by atoms with E-state index in [2.05, 4.69) is 24.3 Å². The Morgan fingerprint density at radius 1 is 1.00 bits per heavy atom. The predicted octanol–water partition coefficient (Wildman–Crippen LogP) is 3.38. The van der Waals surface area contributed by atoms with Crippen molar-refractivity contribution in [1.82, 2.24) is 10.2 Å². The van der Waals surface area contributed by atoms with Crippen molar-refractivity contribution in [2.45, 2.75) is 60.4 Å². The summed E-state index contributed by atoms with van der Waals surface area (Å²) in [5, 5.41) is 3.34. The second-order valence-electron chi connectivity index (χ2n) is 3.22. The summed E-state index contributed by atoms with van der Waals surface area (Å²) in [6, 6.07) is 0.768. The standard InChI is InChI=1S/C8H18N2.2C2H6.CH4/c1-9-8-4-3-6-10(2)7-5-8;2*1-2;/h8-9H,3-7H2,1-2H3;2*1-2H3;1H4. The third kappa shape index (κ3) is 11.8. The maximum Gasteiger partial charge on any atom is 0.00767 e. The lowest BCUT2D eigenvalue weighted by Gasteiger charge is -2.13. The van der Waals surface area contributed by atoms with E-state index in [-0.39, 0.29) is 7.43 Å². The topological polar surface area (TPSA) is 15.3 Å². The largest absolute Gasteiger partial charge is 0.317 e. The molecule has 0 radical (unpaired) electrons. The predicted molar refractivity (Wildman–Crippen MR) is 73.6 cm³/mol. The molecule has 1 rings (SSSR count). The first-order valence-electron chi connectivity index (χ1n) is 6.18. The molecule has 1 aliphatic heterocycles. The zero-order valence-electron chi connectivity index (χ0n) is 11.1. The van der Waals surface area contributed by atoms with Gasteiger partial charge in [0.05, 0.1) is 0 Å². The van der Waals surface area contributed by atoms with E-state index in [1.165, 1.54) is 32.4 Å². The molecular weight excluding hydrogens is 184 g/mol. The fraction of sp³-hybridized carbons (Fsp3) is 1.00. The van der Waals surface area contributed by atoms with Gasteiger partial charge in [0.1, 0.15) is 0 Å². The summed E-state index contributed by atoms with van der Waals surface area (Å²) >= 11 is 0. The Balaban J connectivity index is -0.000000258. The smallest absolute Gasteiger partial charge is 0.00767 e. The lowest BCUT2D eigenvalue weighted by Crippen LogP contribution is -2.26. The third-order valence-electron chi connectivity index (χ3n) is 2.36. The third-order valence-corrected chi connectivity index (χ3v) is 2.36. The van der Waals surface area contributed by atoms with Crippen molar-refractivity contribution < 1.29 is 0 Å². The normalized spacial score (nSPS) is 20.8. The summed E-state index contributed by atoms with van der Waals surface area (Å²) in [5.41, 5.74) is 0. The van der Waals surface area contributed by atoms with Gasteiger partial charge in [-0.2, -0.15) is 0 Å². The zero-order chi connectivity index (χ0) is 11.4. The Morgan fingerprint density at radius 3 is 2.00 bits per heavy atom. The number of hydrogen-bond donors (Lipinski definition) is 1. The molecule has 1 unspecified atom stereocenters. The van der Waals surface area contributed by atoms with Crippen LogP contribution in [-0.4, -0.2) is 38.1 Å². The molecule has 0 saturated carbocycles. The van der Waals surface area contributed by atoms with Crippen molar-refractivity contribution in [2.24, 2.45) is 0 Å². The monoisotopic (exact) mass is 218 g/mol. The number of likely N-dealkylation sites (tertiary alicyclic amines) is 1. The van der Waals surface area contributed by atoms with E-state index < -0.39 is 0 Å². The van der Waals surface area contributed by atoms with Gasteiger partial charge in [-0.05, 0) is 46.4 Å². The molecule has 96 valence electrons. The van der Waals surface area contributed by atoms with Gasteiger partial charge in [-0.1, -0.05) is 35.1 Å². The van der Waals surface area contributed by atoms with Gasteiger partial charge in [0, 0.05) is 6.04 Å². The first-order chi connectivity index (χ1) is 6.83. The quantitative estimate of drug-likeness (QED) is 0.726. The van der Waals surface area contributed by atoms with E-state index in [1.54, 1.807) is 0 Å². The van der Waals surface area contributed by atoms with Crippen molar-refractivity contribution in [3.05, 3.63) is 0 Å². The number of nitrogens with one attached hydrogen (secondary N) is 1. The number of nitrogens with zero attached hydrogens (tertiary/aromatic N) is 1. The van der Waals surface area contributed by atoms with Crippen LogP contribution in [0.25, 0.3) is 0 Å². The fourth-order valence-corrected chi connectivity index (χ4v) is 1.53. The highest BCUT2D eigenvalue weighted by Crippen LogP contribution is 2.08. The van der Waals surface area contributed by atoms with Crippen LogP contribution in [-0.2, 0) is 0 Å². The van der Waals surface area contributed by atoms with Gasteiger partial charge in [0.2, 0.25) is 0 Å². The summed E-state index contributed by atoms with van der Waals surface area (Å²) in [4.78, 5) is 2.41. The SMILES string of the molecule is C.CC.CC.CNC1CCCN(C)CC1. The Hall–Kier alpha value is -0.0800. The van der Waals surface area contributed by atoms with Crippen LogP contribution >= 0.6 is 0 Å². The molecule has 1 saturated heterocycles. The highest BCUT2D eigenvalue weighted by atomic mass is 15.1. The molecule has 0 bridgehead atoms. The molecule has 0 amide bonds. The average molecular weight is 218 g/mol. The van der Waals surface area contributed by atoms with E-state index in [9.17, 15) is 0 Å². The lowest BCUT2D eigenvalue weighted by molar-refractivity contribution is 0.345. The zero-order valence-corrected chi connectivity index (χ0v) is 11.1. The highest BCUT2D eigenvalue weighted by Gasteiger charge is 2.11. The van der Waals surface area contributed by atoms with Gasteiger partial charge < -0.3 is 10.2 Å². The summed E-state index contributed by atoms with van der Waals surface area (Å²) in [6.07, 6.45) is 4.01. The first-order valence-corrected chi connectivity index (χ1v) is 6.18. The molecule has 0 aromatic rings. The van der Waals surface area contributed by atoms with Crippen molar-refractivity contribution in [3.8, 4) is 0 Å². The van der Waals surface area contributed by atoms with E-state index >= 15 is 0 Å². The molecule has 1 heterocycles. The summed E-state index contributed by atoms with van der Waals surface area (Å²) in [6.45, 7) is 10.5. The van der Waals surface area contributed by atoms with Gasteiger partial charge >= 0.3 is 0 Å². The molecule has 0 aliphatic carbocycles. The minimum Gasteiger partial charge on any atom is -0.317 e. The minimum atomic E-state index is 0. The second-order valence-corrected chi connectivity index (χ2v) is 3.22. The van der Waals surface area contributed by atoms with E-state index in [0.717, 1.165) is 6.04 Å². The van der Waals surface area contributed by atoms with E-state index in [4.69, 9.17) is 0 Å². The Kier molecular flexibility index (Phi) is 22.2. The fourth-order valence-electron chi connectivity index (χ4n) is 1.53. The van der Waals surface area contributed by atoms with Crippen LogP contribution in [0.4, 0.5) is 0 Å². The molecule has 1 aliphatic rings. The Bertz CT molecular complexity index is 94.5. The van der Waals surface area contributed by atoms with Crippen LogP contribution in [0.2, 0.25) is 0 Å². The number of hydrogen-bond acceptors (Lipinski definition) is 2. The van der Waals surface area contributed by atoms with Gasteiger partial charge in [-0.3, -0.25) is 0 Å². The van der Waals surface area contributed by atoms with Gasteiger partial charge in [-0.25, -0.2) is 0 Å². The molecule has 15 heavy (non-hydrogen) atoms. The van der Waals surface area contributed by atoms with E-state index in [1.807, 2.05) is 27.7 Å². The Labute approximate surface area is 98.4 Å². The maximum atomic E-state index is 3.34. The van der Waals surface area contributed by atoms with Crippen molar-refractivity contribution in [1.29, 1.82) is 0 Å². The van der Waals surface area contributed by atoms with Crippen LogP contribution in [0.5, 0.6) is 0 Å².